The van der Waals surface area contributed by atoms with E-state index in [0.29, 0.717) is 6.42 Å². The van der Waals surface area contributed by atoms with Crippen molar-refractivity contribution >= 4 is 5.97 Å². The zero-order valence-electron chi connectivity index (χ0n) is 7.13. The predicted octanol–water partition coefficient (Wildman–Crippen LogP) is 2.21. The van der Waals surface area contributed by atoms with Crippen molar-refractivity contribution in [2.45, 2.75) is 39.5 Å². The SMILES string of the molecule is CC(C)CCCCC(=O)[O][Mo]. The van der Waals surface area contributed by atoms with Gasteiger partial charge in [-0.2, -0.15) is 0 Å². The van der Waals surface area contributed by atoms with Crippen LogP contribution in [0.3, 0.4) is 0 Å². The van der Waals surface area contributed by atoms with Crippen LogP contribution in [0.1, 0.15) is 39.5 Å². The first-order valence-electron chi connectivity index (χ1n) is 3.99. The molecular weight excluding hydrogens is 224 g/mol. The molecule has 0 aliphatic carbocycles. The molecule has 0 saturated carbocycles. The minimum absolute atomic E-state index is 0.0847. The Hall–Kier alpha value is 0.158. The van der Waals surface area contributed by atoms with Crippen molar-refractivity contribution in [2.75, 3.05) is 0 Å². The van der Waals surface area contributed by atoms with E-state index in [-0.39, 0.29) is 5.97 Å². The zero-order valence-corrected chi connectivity index (χ0v) is 9.14. The van der Waals surface area contributed by atoms with E-state index in [1.54, 1.807) is 0 Å². The van der Waals surface area contributed by atoms with Crippen LogP contribution in [-0.4, -0.2) is 5.97 Å². The Morgan fingerprint density at radius 1 is 1.45 bits per heavy atom. The van der Waals surface area contributed by atoms with Gasteiger partial charge in [-0.15, -0.1) is 0 Å². The number of hydrogen-bond donors (Lipinski definition) is 0. The average Bonchev–Trinajstić information content (AvgIpc) is 1.97. The molecule has 0 aliphatic rings. The number of rotatable bonds is 5. The first-order chi connectivity index (χ1) is 5.16. The summed E-state index contributed by atoms with van der Waals surface area (Å²) >= 11 is 1.37. The molecule has 11 heavy (non-hydrogen) atoms. The van der Waals surface area contributed by atoms with E-state index < -0.39 is 0 Å². The fourth-order valence-electron chi connectivity index (χ4n) is 0.864. The molecule has 0 aromatic carbocycles. The van der Waals surface area contributed by atoms with Crippen molar-refractivity contribution in [3.8, 4) is 0 Å². The van der Waals surface area contributed by atoms with Gasteiger partial charge in [-0.25, -0.2) is 0 Å². The second-order valence-corrected chi connectivity index (χ2v) is 3.50. The number of carbonyl (C=O) groups is 1. The molecule has 0 bridgehead atoms. The molecule has 0 saturated heterocycles. The molecular formula is C8H15MoO2. The van der Waals surface area contributed by atoms with E-state index in [1.807, 2.05) is 0 Å². The molecule has 0 spiro atoms. The molecule has 0 rings (SSSR count). The molecule has 2 nitrogen and oxygen atoms in total. The number of unbranched alkanes of at least 4 members (excludes halogenated alkanes) is 1. The van der Waals surface area contributed by atoms with E-state index in [0.717, 1.165) is 18.8 Å². The molecule has 0 N–H and O–H groups in total. The average molecular weight is 239 g/mol. The Bertz CT molecular complexity index is 113. The van der Waals surface area contributed by atoms with Crippen LogP contribution in [0.2, 0.25) is 0 Å². The Morgan fingerprint density at radius 3 is 2.55 bits per heavy atom. The van der Waals surface area contributed by atoms with E-state index >= 15 is 0 Å². The summed E-state index contributed by atoms with van der Waals surface area (Å²) in [5.41, 5.74) is 0. The normalized spacial score (nSPS) is 10.1. The Balaban J connectivity index is 3.08. The van der Waals surface area contributed by atoms with Gasteiger partial charge in [0.1, 0.15) is 0 Å². The first-order valence-corrected chi connectivity index (χ1v) is 4.81. The summed E-state index contributed by atoms with van der Waals surface area (Å²) in [5.74, 6) is 0.659. The molecule has 0 fully saturated rings. The molecule has 0 amide bonds. The van der Waals surface area contributed by atoms with E-state index in [9.17, 15) is 4.79 Å². The second kappa shape index (κ2) is 6.84. The third-order valence-corrected chi connectivity index (χ3v) is 1.96. The van der Waals surface area contributed by atoms with Crippen LogP contribution >= 0.6 is 0 Å². The summed E-state index contributed by atoms with van der Waals surface area (Å²) in [7, 11) is 0. The van der Waals surface area contributed by atoms with Crippen molar-refractivity contribution in [3.63, 3.8) is 0 Å². The van der Waals surface area contributed by atoms with Gasteiger partial charge in [0.15, 0.2) is 0 Å². The first kappa shape index (κ1) is 11.2. The monoisotopic (exact) mass is 241 g/mol. The van der Waals surface area contributed by atoms with Crippen LogP contribution in [0.25, 0.3) is 0 Å². The van der Waals surface area contributed by atoms with Gasteiger partial charge in [0.25, 0.3) is 0 Å². The second-order valence-electron chi connectivity index (χ2n) is 3.09. The van der Waals surface area contributed by atoms with Gasteiger partial charge < -0.3 is 0 Å². The standard InChI is InChI=1S/C8H16O2.Mo/c1-7(2)5-3-4-6-8(9)10;/h7H,3-6H2,1-2H3,(H,9,10);/q;+1/p-1. The zero-order chi connectivity index (χ0) is 8.69. The van der Waals surface area contributed by atoms with Gasteiger partial charge in [0, 0.05) is 0 Å². The Labute approximate surface area is 80.1 Å². The predicted molar refractivity (Wildman–Crippen MR) is 39.4 cm³/mol. The maximum absolute atomic E-state index is 10.6. The Kier molecular flexibility index (Phi) is 6.94. The number of carbonyl (C=O) groups excluding carboxylic acids is 1. The number of hydrogen-bond acceptors (Lipinski definition) is 2. The van der Waals surface area contributed by atoms with Crippen molar-refractivity contribution in [1.29, 1.82) is 0 Å². The fraction of sp³-hybridized carbons (Fsp3) is 0.875. The molecule has 0 atom stereocenters. The minimum atomic E-state index is -0.0847. The maximum atomic E-state index is 10.6. The quantitative estimate of drug-likeness (QED) is 0.543. The van der Waals surface area contributed by atoms with Crippen LogP contribution in [0, 0.1) is 5.92 Å². The Morgan fingerprint density at radius 2 is 2.09 bits per heavy atom. The molecule has 65 valence electrons. The van der Waals surface area contributed by atoms with Crippen molar-refractivity contribution in [3.05, 3.63) is 0 Å². The summed E-state index contributed by atoms with van der Waals surface area (Å²) < 4.78 is 4.53. The molecule has 0 unspecified atom stereocenters. The van der Waals surface area contributed by atoms with E-state index in [2.05, 4.69) is 17.2 Å². The topological polar surface area (TPSA) is 26.3 Å². The third-order valence-electron chi connectivity index (χ3n) is 1.51. The molecule has 3 heteroatoms. The summed E-state index contributed by atoms with van der Waals surface area (Å²) in [6.45, 7) is 4.39. The summed E-state index contributed by atoms with van der Waals surface area (Å²) in [6.07, 6.45) is 3.88. The van der Waals surface area contributed by atoms with E-state index in [4.69, 9.17) is 0 Å². The molecule has 0 aromatic rings. The summed E-state index contributed by atoms with van der Waals surface area (Å²) in [6, 6.07) is 0. The van der Waals surface area contributed by atoms with Gasteiger partial charge in [0.2, 0.25) is 0 Å². The van der Waals surface area contributed by atoms with Crippen LogP contribution in [0.5, 0.6) is 0 Å². The van der Waals surface area contributed by atoms with Gasteiger partial charge in [-0.3, -0.25) is 0 Å². The van der Waals surface area contributed by atoms with Gasteiger partial charge >= 0.3 is 79.8 Å². The third kappa shape index (κ3) is 8.06. The van der Waals surface area contributed by atoms with Crippen LogP contribution in [-0.2, 0) is 28.4 Å². The molecule has 0 heterocycles. The van der Waals surface area contributed by atoms with Crippen molar-refractivity contribution in [1.82, 2.24) is 0 Å². The molecule has 0 aliphatic heterocycles. The van der Waals surface area contributed by atoms with Crippen LogP contribution in [0.4, 0.5) is 0 Å². The van der Waals surface area contributed by atoms with E-state index in [1.165, 1.54) is 26.6 Å². The van der Waals surface area contributed by atoms with Crippen molar-refractivity contribution in [2.24, 2.45) is 5.92 Å². The van der Waals surface area contributed by atoms with Crippen molar-refractivity contribution < 1.29 is 28.4 Å². The van der Waals surface area contributed by atoms with Crippen LogP contribution in [0.15, 0.2) is 0 Å². The van der Waals surface area contributed by atoms with Gasteiger partial charge in [0.05, 0.1) is 0 Å². The molecule has 0 aromatic heterocycles. The fourth-order valence-corrected chi connectivity index (χ4v) is 1.07. The molecule has 0 radical (unpaired) electrons. The van der Waals surface area contributed by atoms with Gasteiger partial charge in [-0.1, -0.05) is 0 Å². The van der Waals surface area contributed by atoms with Gasteiger partial charge in [-0.05, 0) is 0 Å². The summed E-state index contributed by atoms with van der Waals surface area (Å²) in [5, 5.41) is 0. The van der Waals surface area contributed by atoms with Crippen LogP contribution < -0.4 is 0 Å². The summed E-state index contributed by atoms with van der Waals surface area (Å²) in [4.78, 5) is 10.6.